The fraction of sp³-hybridized carbons (Fsp3) is 0.619. The number of rotatable bonds is 4. The van der Waals surface area contributed by atoms with Crippen LogP contribution in [0.2, 0.25) is 0 Å². The highest BCUT2D eigenvalue weighted by Crippen LogP contribution is 2.26. The average molecular weight is 370 g/mol. The Kier molecular flexibility index (Phi) is 5.34. The zero-order valence-corrected chi connectivity index (χ0v) is 16.5. The van der Waals surface area contributed by atoms with Crippen LogP contribution in [-0.4, -0.2) is 33.2 Å². The SMILES string of the molecule is Cc1cc(C(=O)NCc2cc3n(n2)CCCN(C2CCCCC2)C3)c(C)o1. The molecule has 1 fully saturated rings. The Morgan fingerprint density at radius 2 is 2.00 bits per heavy atom. The molecule has 0 bridgehead atoms. The highest BCUT2D eigenvalue weighted by molar-refractivity contribution is 5.95. The largest absolute Gasteiger partial charge is 0.466 e. The molecule has 0 spiro atoms. The van der Waals surface area contributed by atoms with Gasteiger partial charge >= 0.3 is 0 Å². The van der Waals surface area contributed by atoms with Crippen molar-refractivity contribution >= 4 is 5.91 Å². The number of nitrogens with zero attached hydrogens (tertiary/aromatic N) is 3. The summed E-state index contributed by atoms with van der Waals surface area (Å²) in [6, 6.07) is 4.68. The lowest BCUT2D eigenvalue weighted by molar-refractivity contribution is 0.0949. The first-order valence-corrected chi connectivity index (χ1v) is 10.2. The van der Waals surface area contributed by atoms with E-state index in [2.05, 4.69) is 21.0 Å². The normalized spacial score (nSPS) is 18.9. The minimum Gasteiger partial charge on any atom is -0.466 e. The molecule has 2 aromatic rings. The molecular weight excluding hydrogens is 340 g/mol. The van der Waals surface area contributed by atoms with E-state index in [1.807, 2.05) is 13.8 Å². The van der Waals surface area contributed by atoms with Gasteiger partial charge in [0, 0.05) is 25.7 Å². The van der Waals surface area contributed by atoms with Gasteiger partial charge in [-0.2, -0.15) is 5.10 Å². The number of fused-ring (bicyclic) bond motifs is 1. The van der Waals surface area contributed by atoms with Gasteiger partial charge in [0.1, 0.15) is 11.5 Å². The summed E-state index contributed by atoms with van der Waals surface area (Å²) in [5, 5.41) is 7.72. The van der Waals surface area contributed by atoms with E-state index in [-0.39, 0.29) is 5.91 Å². The van der Waals surface area contributed by atoms with Crippen LogP contribution >= 0.6 is 0 Å². The van der Waals surface area contributed by atoms with Crippen molar-refractivity contribution in [1.29, 1.82) is 0 Å². The zero-order valence-electron chi connectivity index (χ0n) is 16.5. The summed E-state index contributed by atoms with van der Waals surface area (Å²) in [5.41, 5.74) is 2.82. The van der Waals surface area contributed by atoms with Gasteiger partial charge in [-0.1, -0.05) is 19.3 Å². The molecule has 0 saturated heterocycles. The van der Waals surface area contributed by atoms with E-state index < -0.39 is 0 Å². The Labute approximate surface area is 160 Å². The Morgan fingerprint density at radius 3 is 2.74 bits per heavy atom. The second kappa shape index (κ2) is 7.89. The molecule has 2 aromatic heterocycles. The lowest BCUT2D eigenvalue weighted by atomic mass is 9.94. The predicted molar refractivity (Wildman–Crippen MR) is 103 cm³/mol. The molecule has 6 heteroatoms. The molecule has 146 valence electrons. The molecule has 0 aromatic carbocycles. The van der Waals surface area contributed by atoms with Crippen LogP contribution in [0, 0.1) is 13.8 Å². The maximum atomic E-state index is 12.4. The third-order valence-electron chi connectivity index (χ3n) is 5.90. The molecule has 1 aliphatic carbocycles. The number of aryl methyl sites for hydroxylation is 3. The number of nitrogens with one attached hydrogen (secondary N) is 1. The van der Waals surface area contributed by atoms with Gasteiger partial charge in [0.05, 0.1) is 23.5 Å². The predicted octanol–water partition coefficient (Wildman–Crippen LogP) is 3.56. The van der Waals surface area contributed by atoms with Crippen LogP contribution in [-0.2, 0) is 19.6 Å². The molecule has 0 atom stereocenters. The second-order valence-electron chi connectivity index (χ2n) is 7.98. The first-order valence-electron chi connectivity index (χ1n) is 10.2. The molecule has 4 rings (SSSR count). The standard InChI is InChI=1S/C21H30N4O2/c1-15-11-20(16(2)27-15)21(26)22-13-17-12-19-14-24(9-6-10-25(19)23-17)18-7-4-3-5-8-18/h11-12,18H,3-10,13-14H2,1-2H3,(H,22,26). The number of carbonyl (C=O) groups excluding carboxylic acids is 1. The molecule has 1 aliphatic heterocycles. The topological polar surface area (TPSA) is 63.3 Å². The number of hydrogen-bond acceptors (Lipinski definition) is 4. The maximum Gasteiger partial charge on any atom is 0.255 e. The summed E-state index contributed by atoms with van der Waals surface area (Å²) in [5.74, 6) is 1.32. The van der Waals surface area contributed by atoms with E-state index in [9.17, 15) is 4.79 Å². The van der Waals surface area contributed by atoms with Crippen molar-refractivity contribution in [2.75, 3.05) is 6.54 Å². The van der Waals surface area contributed by atoms with Gasteiger partial charge in [0.25, 0.3) is 5.91 Å². The minimum atomic E-state index is -0.101. The summed E-state index contributed by atoms with van der Waals surface area (Å²) in [4.78, 5) is 15.0. The summed E-state index contributed by atoms with van der Waals surface area (Å²) in [6.07, 6.45) is 7.93. The molecule has 6 nitrogen and oxygen atoms in total. The van der Waals surface area contributed by atoms with Gasteiger partial charge in [-0.3, -0.25) is 14.4 Å². The van der Waals surface area contributed by atoms with Crippen LogP contribution < -0.4 is 5.32 Å². The first kappa shape index (κ1) is 18.3. The summed E-state index contributed by atoms with van der Waals surface area (Å²) >= 11 is 0. The van der Waals surface area contributed by atoms with E-state index in [0.29, 0.717) is 17.9 Å². The number of furan rings is 1. The highest BCUT2D eigenvalue weighted by Gasteiger charge is 2.24. The highest BCUT2D eigenvalue weighted by atomic mass is 16.3. The third-order valence-corrected chi connectivity index (χ3v) is 5.90. The Hall–Kier alpha value is -2.08. The number of aromatic nitrogens is 2. The van der Waals surface area contributed by atoms with E-state index in [1.165, 1.54) is 44.3 Å². The Balaban J connectivity index is 1.40. The van der Waals surface area contributed by atoms with E-state index >= 15 is 0 Å². The molecule has 2 aliphatic rings. The van der Waals surface area contributed by atoms with Gasteiger partial charge in [0.15, 0.2) is 0 Å². The van der Waals surface area contributed by atoms with Crippen LogP contribution in [0.3, 0.4) is 0 Å². The van der Waals surface area contributed by atoms with Gasteiger partial charge < -0.3 is 9.73 Å². The first-order chi connectivity index (χ1) is 13.1. The van der Waals surface area contributed by atoms with Crippen LogP contribution in [0.4, 0.5) is 0 Å². The van der Waals surface area contributed by atoms with Gasteiger partial charge in [-0.15, -0.1) is 0 Å². The molecular formula is C21H30N4O2. The van der Waals surface area contributed by atoms with Crippen molar-refractivity contribution in [3.8, 4) is 0 Å². The molecule has 0 radical (unpaired) electrons. The fourth-order valence-electron chi connectivity index (χ4n) is 4.51. The average Bonchev–Trinajstić information content (AvgIpc) is 3.15. The molecule has 1 saturated carbocycles. The Morgan fingerprint density at radius 1 is 1.19 bits per heavy atom. The van der Waals surface area contributed by atoms with Crippen molar-refractivity contribution in [2.24, 2.45) is 0 Å². The fourth-order valence-corrected chi connectivity index (χ4v) is 4.51. The summed E-state index contributed by atoms with van der Waals surface area (Å²) in [7, 11) is 0. The smallest absolute Gasteiger partial charge is 0.255 e. The molecule has 27 heavy (non-hydrogen) atoms. The summed E-state index contributed by atoms with van der Waals surface area (Å²) < 4.78 is 7.59. The lowest BCUT2D eigenvalue weighted by Gasteiger charge is -2.33. The number of amides is 1. The van der Waals surface area contributed by atoms with Crippen LogP contribution in [0.25, 0.3) is 0 Å². The minimum absolute atomic E-state index is 0.101. The van der Waals surface area contributed by atoms with E-state index in [1.54, 1.807) is 6.07 Å². The third kappa shape index (κ3) is 4.10. The van der Waals surface area contributed by atoms with Crippen LogP contribution in [0.5, 0.6) is 0 Å². The number of hydrogen-bond donors (Lipinski definition) is 1. The van der Waals surface area contributed by atoms with E-state index in [4.69, 9.17) is 9.52 Å². The molecule has 1 amide bonds. The lowest BCUT2D eigenvalue weighted by Crippen LogP contribution is -2.36. The molecule has 3 heterocycles. The van der Waals surface area contributed by atoms with Crippen LogP contribution in [0.15, 0.2) is 16.5 Å². The quantitative estimate of drug-likeness (QED) is 0.894. The van der Waals surface area contributed by atoms with Crippen molar-refractivity contribution < 1.29 is 9.21 Å². The van der Waals surface area contributed by atoms with Gasteiger partial charge in [0.2, 0.25) is 0 Å². The van der Waals surface area contributed by atoms with Gasteiger partial charge in [-0.25, -0.2) is 0 Å². The molecule has 1 N–H and O–H groups in total. The molecule has 0 unspecified atom stereocenters. The van der Waals surface area contributed by atoms with Crippen molar-refractivity contribution in [1.82, 2.24) is 20.0 Å². The van der Waals surface area contributed by atoms with Crippen LogP contribution in [0.1, 0.15) is 71.8 Å². The summed E-state index contributed by atoms with van der Waals surface area (Å²) in [6.45, 7) is 7.23. The van der Waals surface area contributed by atoms with E-state index in [0.717, 1.165) is 37.0 Å². The Bertz CT molecular complexity index is 801. The van der Waals surface area contributed by atoms with Crippen molar-refractivity contribution in [2.45, 2.75) is 78.0 Å². The number of carbonyl (C=O) groups is 1. The monoisotopic (exact) mass is 370 g/mol. The van der Waals surface area contributed by atoms with Gasteiger partial charge in [-0.05, 0) is 45.2 Å². The second-order valence-corrected chi connectivity index (χ2v) is 7.98. The maximum absolute atomic E-state index is 12.4. The van der Waals surface area contributed by atoms with Crippen molar-refractivity contribution in [3.05, 3.63) is 40.6 Å². The van der Waals surface area contributed by atoms with Crippen molar-refractivity contribution in [3.63, 3.8) is 0 Å². The zero-order chi connectivity index (χ0) is 18.8.